The standard InChI is InChI=1S/C16H24ClN3O2S.C4H4O4/c1-19(2)12-9-18-16(21)20-10-7-15(8-11-20)23(22)14-5-3-13(17)4-6-14;5-3(6)1-2-4(7)8/h3-6,15H,7-12H2,1-2H3,(H,18,21);1-2H,(H,5,6)(H,7,8). The lowest BCUT2D eigenvalue weighted by Crippen LogP contribution is -2.47. The van der Waals surface area contributed by atoms with Gasteiger partial charge in [0.1, 0.15) is 5.25 Å². The Morgan fingerprint density at radius 1 is 1.16 bits per heavy atom. The summed E-state index contributed by atoms with van der Waals surface area (Å²) < 4.78 is 12.6. The molecule has 11 heteroatoms. The summed E-state index contributed by atoms with van der Waals surface area (Å²) in [5.74, 6) is -2.51. The molecule has 1 heterocycles. The Kier molecular flexibility index (Phi) is 12.0. The molecule has 0 radical (unpaired) electrons. The molecule has 1 aliphatic heterocycles. The lowest BCUT2D eigenvalue weighted by Gasteiger charge is -2.32. The van der Waals surface area contributed by atoms with Crippen LogP contribution in [0.4, 0.5) is 4.79 Å². The molecule has 1 atom stereocenters. The quantitative estimate of drug-likeness (QED) is 0.406. The number of nitrogens with zero attached hydrogens (tertiary/aromatic N) is 2. The predicted octanol–water partition coefficient (Wildman–Crippen LogP) is 1.90. The molecule has 2 rings (SSSR count). The van der Waals surface area contributed by atoms with E-state index >= 15 is 0 Å². The van der Waals surface area contributed by atoms with E-state index in [4.69, 9.17) is 21.8 Å². The second-order valence-electron chi connectivity index (χ2n) is 6.98. The number of rotatable bonds is 7. The third-order valence-corrected chi connectivity index (χ3v) is 6.35. The lowest BCUT2D eigenvalue weighted by atomic mass is 10.1. The second kappa shape index (κ2) is 13.9. The molecule has 0 aromatic heterocycles. The van der Waals surface area contributed by atoms with Crippen molar-refractivity contribution >= 4 is 40.7 Å². The highest BCUT2D eigenvalue weighted by atomic mass is 35.5. The van der Waals surface area contributed by atoms with Crippen molar-refractivity contribution in [3.8, 4) is 0 Å². The molecule has 1 unspecified atom stereocenters. The summed E-state index contributed by atoms with van der Waals surface area (Å²) in [4.78, 5) is 35.8. The van der Waals surface area contributed by atoms with Crippen molar-refractivity contribution in [3.63, 3.8) is 0 Å². The van der Waals surface area contributed by atoms with E-state index in [2.05, 4.69) is 5.32 Å². The maximum atomic E-state index is 12.6. The average Bonchev–Trinajstić information content (AvgIpc) is 2.72. The summed E-state index contributed by atoms with van der Waals surface area (Å²) >= 11 is 4.82. The Bertz CT molecular complexity index is 736. The third-order valence-electron chi connectivity index (χ3n) is 4.28. The number of aliphatic carboxylic acids is 2. The second-order valence-corrected chi connectivity index (χ2v) is 9.15. The number of amides is 2. The molecule has 0 saturated carbocycles. The monoisotopic (exact) mass is 473 g/mol. The van der Waals surface area contributed by atoms with Gasteiger partial charge in [-0.15, -0.1) is 0 Å². The highest BCUT2D eigenvalue weighted by molar-refractivity contribution is 7.92. The molecule has 1 fully saturated rings. The van der Waals surface area contributed by atoms with E-state index in [0.29, 0.717) is 36.8 Å². The fourth-order valence-corrected chi connectivity index (χ4v) is 4.23. The third kappa shape index (κ3) is 11.1. The van der Waals surface area contributed by atoms with E-state index in [1.54, 1.807) is 12.1 Å². The van der Waals surface area contributed by atoms with Crippen molar-refractivity contribution in [1.29, 1.82) is 0 Å². The topological polar surface area (TPSA) is 133 Å². The van der Waals surface area contributed by atoms with Gasteiger partial charge in [-0.2, -0.15) is 0 Å². The molecule has 3 N–H and O–H groups in total. The first kappa shape index (κ1) is 26.8. The summed E-state index contributed by atoms with van der Waals surface area (Å²) in [6, 6.07) is 7.14. The molecule has 0 bridgehead atoms. The highest BCUT2D eigenvalue weighted by Crippen LogP contribution is 2.25. The van der Waals surface area contributed by atoms with Crippen LogP contribution < -0.4 is 5.32 Å². The first-order valence-corrected chi connectivity index (χ1v) is 11.2. The van der Waals surface area contributed by atoms with Gasteiger partial charge in [0, 0.05) is 56.2 Å². The zero-order valence-electron chi connectivity index (χ0n) is 17.5. The largest absolute Gasteiger partial charge is 0.611 e. The van der Waals surface area contributed by atoms with Gasteiger partial charge >= 0.3 is 18.0 Å². The van der Waals surface area contributed by atoms with E-state index in [9.17, 15) is 18.9 Å². The number of halogens is 1. The minimum absolute atomic E-state index is 0.0254. The Balaban J connectivity index is 0.000000512. The molecular formula is C20H28ClN3O6S. The molecule has 172 valence electrons. The number of carboxylic acids is 2. The minimum atomic E-state index is -1.26. The van der Waals surface area contributed by atoms with Crippen molar-refractivity contribution in [2.75, 3.05) is 40.3 Å². The molecule has 0 aliphatic carbocycles. The van der Waals surface area contributed by atoms with Gasteiger partial charge in [-0.3, -0.25) is 0 Å². The minimum Gasteiger partial charge on any atom is -0.611 e. The molecule has 1 aromatic carbocycles. The number of carbonyl (C=O) groups is 3. The molecule has 9 nitrogen and oxygen atoms in total. The lowest BCUT2D eigenvalue weighted by molar-refractivity contribution is -0.134. The van der Waals surface area contributed by atoms with Gasteiger partial charge in [-0.05, 0) is 49.5 Å². The van der Waals surface area contributed by atoms with Crippen LogP contribution in [-0.2, 0) is 20.8 Å². The van der Waals surface area contributed by atoms with Crippen molar-refractivity contribution in [3.05, 3.63) is 41.4 Å². The normalized spacial score (nSPS) is 15.3. The SMILES string of the molecule is CN(C)CCNC(=O)N1CCC([S+]([O-])c2ccc(Cl)cc2)CC1.O=C(O)C=CC(=O)O. The van der Waals surface area contributed by atoms with Crippen molar-refractivity contribution in [2.45, 2.75) is 23.0 Å². The molecular weight excluding hydrogens is 446 g/mol. The van der Waals surface area contributed by atoms with E-state index in [1.807, 2.05) is 36.0 Å². The fraction of sp³-hybridized carbons (Fsp3) is 0.450. The van der Waals surface area contributed by atoms with Gasteiger partial charge in [0.15, 0.2) is 4.90 Å². The first-order valence-electron chi connectivity index (χ1n) is 9.57. The van der Waals surface area contributed by atoms with Crippen LogP contribution in [-0.4, -0.2) is 88.1 Å². The van der Waals surface area contributed by atoms with Gasteiger partial charge < -0.3 is 29.9 Å². The van der Waals surface area contributed by atoms with Crippen LogP contribution in [0.3, 0.4) is 0 Å². The van der Waals surface area contributed by atoms with Crippen LogP contribution in [0.15, 0.2) is 41.3 Å². The van der Waals surface area contributed by atoms with Crippen LogP contribution >= 0.6 is 11.6 Å². The number of benzene rings is 1. The van der Waals surface area contributed by atoms with Gasteiger partial charge in [0.05, 0.1) is 0 Å². The number of likely N-dealkylation sites (tertiary alicyclic amines) is 1. The number of nitrogens with one attached hydrogen (secondary N) is 1. The summed E-state index contributed by atoms with van der Waals surface area (Å²) in [6.07, 6.45) is 2.64. The maximum Gasteiger partial charge on any atom is 0.328 e. The molecule has 1 aliphatic rings. The van der Waals surface area contributed by atoms with Crippen molar-refractivity contribution in [1.82, 2.24) is 15.1 Å². The van der Waals surface area contributed by atoms with Gasteiger partial charge in [0.2, 0.25) is 0 Å². The predicted molar refractivity (Wildman–Crippen MR) is 119 cm³/mol. The zero-order valence-corrected chi connectivity index (χ0v) is 19.1. The first-order chi connectivity index (χ1) is 14.6. The molecule has 1 aromatic rings. The summed E-state index contributed by atoms with van der Waals surface area (Å²) in [5, 5.41) is 19.3. The Labute approximate surface area is 189 Å². The summed E-state index contributed by atoms with van der Waals surface area (Å²) in [5.41, 5.74) is 0. The smallest absolute Gasteiger partial charge is 0.328 e. The maximum absolute atomic E-state index is 12.6. The van der Waals surface area contributed by atoms with Crippen LogP contribution in [0.2, 0.25) is 5.02 Å². The van der Waals surface area contributed by atoms with Gasteiger partial charge in [-0.1, -0.05) is 11.6 Å². The van der Waals surface area contributed by atoms with Crippen LogP contribution in [0.25, 0.3) is 0 Å². The van der Waals surface area contributed by atoms with Gasteiger partial charge in [-0.25, -0.2) is 14.4 Å². The number of urea groups is 1. The van der Waals surface area contributed by atoms with Crippen LogP contribution in [0, 0.1) is 0 Å². The zero-order chi connectivity index (χ0) is 23.4. The molecule has 2 amide bonds. The van der Waals surface area contributed by atoms with E-state index in [0.717, 1.165) is 24.3 Å². The number of hydrogen-bond acceptors (Lipinski definition) is 5. The van der Waals surface area contributed by atoms with Crippen LogP contribution in [0.1, 0.15) is 12.8 Å². The summed E-state index contributed by atoms with van der Waals surface area (Å²) in [7, 11) is 3.95. The molecule has 0 spiro atoms. The fourth-order valence-electron chi connectivity index (χ4n) is 2.67. The Hall–Kier alpha value is -2.27. The van der Waals surface area contributed by atoms with Crippen molar-refractivity contribution in [2.24, 2.45) is 0 Å². The number of piperidine rings is 1. The number of hydrogen-bond donors (Lipinski definition) is 3. The van der Waals surface area contributed by atoms with E-state index in [1.165, 1.54) is 0 Å². The molecule has 1 saturated heterocycles. The number of carbonyl (C=O) groups excluding carboxylic acids is 1. The number of carboxylic acid groups (broad SMARTS) is 2. The molecule has 31 heavy (non-hydrogen) atoms. The average molecular weight is 474 g/mol. The van der Waals surface area contributed by atoms with E-state index < -0.39 is 23.1 Å². The van der Waals surface area contributed by atoms with Gasteiger partial charge in [0.25, 0.3) is 0 Å². The highest BCUT2D eigenvalue weighted by Gasteiger charge is 2.31. The summed E-state index contributed by atoms with van der Waals surface area (Å²) in [6.45, 7) is 2.76. The Morgan fingerprint density at radius 2 is 1.68 bits per heavy atom. The van der Waals surface area contributed by atoms with E-state index in [-0.39, 0.29) is 11.3 Å². The van der Waals surface area contributed by atoms with Crippen LogP contribution in [0.5, 0.6) is 0 Å². The van der Waals surface area contributed by atoms with Crippen molar-refractivity contribution < 1.29 is 29.1 Å². The Morgan fingerprint density at radius 3 is 2.13 bits per heavy atom. The number of likely N-dealkylation sites (N-methyl/N-ethyl adjacent to an activating group) is 1.